The summed E-state index contributed by atoms with van der Waals surface area (Å²) in [5, 5.41) is 10.6. The highest BCUT2D eigenvalue weighted by Gasteiger charge is 2.18. The molecule has 0 bridgehead atoms. The van der Waals surface area contributed by atoms with Crippen molar-refractivity contribution in [1.82, 2.24) is 0 Å². The quantitative estimate of drug-likeness (QED) is 0.472. The summed E-state index contributed by atoms with van der Waals surface area (Å²) >= 11 is 3.15. The molecular formula is C9H8BrNO4. The summed E-state index contributed by atoms with van der Waals surface area (Å²) in [4.78, 5) is 21.3. The van der Waals surface area contributed by atoms with Gasteiger partial charge in [-0.15, -0.1) is 0 Å². The minimum absolute atomic E-state index is 0.0985. The largest absolute Gasteiger partial charge is 0.465 e. The molecule has 15 heavy (non-hydrogen) atoms. The number of methoxy groups -OCH3 is 1. The van der Waals surface area contributed by atoms with E-state index in [9.17, 15) is 14.9 Å². The first kappa shape index (κ1) is 11.6. The molecule has 0 saturated carbocycles. The molecule has 0 saturated heterocycles. The maximum absolute atomic E-state index is 11.2. The van der Waals surface area contributed by atoms with Crippen LogP contribution in [0.5, 0.6) is 0 Å². The van der Waals surface area contributed by atoms with Crippen LogP contribution in [0.25, 0.3) is 0 Å². The molecule has 80 valence electrons. The Morgan fingerprint density at radius 2 is 2.13 bits per heavy atom. The normalized spacial score (nSPS) is 9.80. The molecule has 0 unspecified atom stereocenters. The van der Waals surface area contributed by atoms with Crippen molar-refractivity contribution >= 4 is 27.6 Å². The van der Waals surface area contributed by atoms with Gasteiger partial charge in [0.15, 0.2) is 0 Å². The Morgan fingerprint density at radius 1 is 1.53 bits per heavy atom. The van der Waals surface area contributed by atoms with E-state index in [4.69, 9.17) is 0 Å². The molecule has 0 radical (unpaired) electrons. The summed E-state index contributed by atoms with van der Waals surface area (Å²) in [5.41, 5.74) is 0.535. The molecule has 0 aromatic heterocycles. The summed E-state index contributed by atoms with van der Waals surface area (Å²) in [6, 6.07) is 2.72. The fraction of sp³-hybridized carbons (Fsp3) is 0.222. The Bertz CT molecular complexity index is 430. The van der Waals surface area contributed by atoms with E-state index < -0.39 is 10.9 Å². The van der Waals surface area contributed by atoms with Gasteiger partial charge in [-0.25, -0.2) is 4.79 Å². The van der Waals surface area contributed by atoms with Crippen LogP contribution < -0.4 is 0 Å². The van der Waals surface area contributed by atoms with Crippen molar-refractivity contribution in [2.75, 3.05) is 7.11 Å². The third-order valence-electron chi connectivity index (χ3n) is 1.89. The van der Waals surface area contributed by atoms with E-state index in [2.05, 4.69) is 20.7 Å². The van der Waals surface area contributed by atoms with E-state index in [0.29, 0.717) is 10.0 Å². The number of carbonyl (C=O) groups is 1. The molecule has 1 rings (SSSR count). The van der Waals surface area contributed by atoms with Crippen molar-refractivity contribution < 1.29 is 14.5 Å². The highest BCUT2D eigenvalue weighted by Crippen LogP contribution is 2.27. The number of nitro groups is 1. The number of hydrogen-bond donors (Lipinski definition) is 0. The summed E-state index contributed by atoms with van der Waals surface area (Å²) in [5.74, 6) is -0.607. The maximum Gasteiger partial charge on any atom is 0.339 e. The number of carbonyl (C=O) groups excluding carboxylic acids is 1. The van der Waals surface area contributed by atoms with E-state index in [1.807, 2.05) is 0 Å². The fourth-order valence-electron chi connectivity index (χ4n) is 1.12. The van der Waals surface area contributed by atoms with Gasteiger partial charge in [-0.1, -0.05) is 0 Å². The van der Waals surface area contributed by atoms with Crippen LogP contribution in [0, 0.1) is 17.0 Å². The lowest BCUT2D eigenvalue weighted by Crippen LogP contribution is -2.04. The van der Waals surface area contributed by atoms with Crippen LogP contribution >= 0.6 is 15.9 Å². The Labute approximate surface area is 94.3 Å². The lowest BCUT2D eigenvalue weighted by molar-refractivity contribution is -0.385. The Balaban J connectivity index is 3.36. The Kier molecular flexibility index (Phi) is 3.41. The minimum Gasteiger partial charge on any atom is -0.465 e. The van der Waals surface area contributed by atoms with Crippen LogP contribution in [0.3, 0.4) is 0 Å². The first-order valence-electron chi connectivity index (χ1n) is 4.00. The number of nitro benzene ring substituents is 1. The smallest absolute Gasteiger partial charge is 0.339 e. The summed E-state index contributed by atoms with van der Waals surface area (Å²) in [7, 11) is 1.22. The molecule has 5 nitrogen and oxygen atoms in total. The number of halogens is 1. The molecule has 0 spiro atoms. The summed E-state index contributed by atoms with van der Waals surface area (Å²) < 4.78 is 4.98. The van der Waals surface area contributed by atoms with E-state index in [0.717, 1.165) is 0 Å². The third kappa shape index (κ3) is 2.33. The number of esters is 1. The van der Waals surface area contributed by atoms with Crippen LogP contribution in [0.1, 0.15) is 15.9 Å². The first-order valence-corrected chi connectivity index (χ1v) is 4.79. The maximum atomic E-state index is 11.2. The molecule has 0 atom stereocenters. The Hall–Kier alpha value is -1.43. The third-order valence-corrected chi connectivity index (χ3v) is 2.54. The highest BCUT2D eigenvalue weighted by molar-refractivity contribution is 9.10. The highest BCUT2D eigenvalue weighted by atomic mass is 79.9. The summed E-state index contributed by atoms with van der Waals surface area (Å²) in [6.45, 7) is 1.60. The average Bonchev–Trinajstić information content (AvgIpc) is 2.16. The summed E-state index contributed by atoms with van der Waals surface area (Å²) in [6.07, 6.45) is 0. The molecular weight excluding hydrogens is 266 g/mol. The van der Waals surface area contributed by atoms with Gasteiger partial charge in [0.25, 0.3) is 5.69 Å². The number of benzene rings is 1. The van der Waals surface area contributed by atoms with Crippen LogP contribution in [-0.4, -0.2) is 18.0 Å². The predicted molar refractivity (Wildman–Crippen MR) is 56.9 cm³/mol. The van der Waals surface area contributed by atoms with Crippen molar-refractivity contribution in [3.8, 4) is 0 Å². The zero-order valence-corrected chi connectivity index (χ0v) is 9.70. The average molecular weight is 274 g/mol. The second kappa shape index (κ2) is 4.39. The molecule has 1 aromatic rings. The first-order chi connectivity index (χ1) is 6.97. The van der Waals surface area contributed by atoms with E-state index in [1.54, 1.807) is 6.92 Å². The van der Waals surface area contributed by atoms with Crippen LogP contribution in [0.2, 0.25) is 0 Å². The van der Waals surface area contributed by atoms with E-state index >= 15 is 0 Å². The number of hydrogen-bond acceptors (Lipinski definition) is 4. The monoisotopic (exact) mass is 273 g/mol. The zero-order chi connectivity index (χ0) is 11.6. The van der Waals surface area contributed by atoms with Gasteiger partial charge in [0.2, 0.25) is 0 Å². The van der Waals surface area contributed by atoms with Gasteiger partial charge >= 0.3 is 5.97 Å². The van der Waals surface area contributed by atoms with Gasteiger partial charge in [-0.3, -0.25) is 10.1 Å². The van der Waals surface area contributed by atoms with Crippen molar-refractivity contribution in [3.05, 3.63) is 37.8 Å². The topological polar surface area (TPSA) is 69.4 Å². The van der Waals surface area contributed by atoms with Gasteiger partial charge < -0.3 is 4.74 Å². The van der Waals surface area contributed by atoms with Crippen LogP contribution in [0.4, 0.5) is 5.69 Å². The molecule has 6 heteroatoms. The molecule has 0 aliphatic carbocycles. The lowest BCUT2D eigenvalue weighted by Gasteiger charge is -2.04. The SMILES string of the molecule is COC(=O)c1cc([N+](=O)[O-])c(C)cc1Br. The second-order valence-electron chi connectivity index (χ2n) is 2.87. The van der Waals surface area contributed by atoms with Crippen molar-refractivity contribution in [2.24, 2.45) is 0 Å². The van der Waals surface area contributed by atoms with Gasteiger partial charge in [-0.2, -0.15) is 0 Å². The minimum atomic E-state index is -0.607. The van der Waals surface area contributed by atoms with Crippen molar-refractivity contribution in [1.29, 1.82) is 0 Å². The molecule has 0 aliphatic rings. The second-order valence-corrected chi connectivity index (χ2v) is 3.72. The van der Waals surface area contributed by atoms with Crippen molar-refractivity contribution in [2.45, 2.75) is 6.92 Å². The van der Waals surface area contributed by atoms with Gasteiger partial charge in [-0.05, 0) is 28.9 Å². The molecule has 0 heterocycles. The molecule has 0 N–H and O–H groups in total. The number of rotatable bonds is 2. The van der Waals surface area contributed by atoms with Crippen LogP contribution in [0.15, 0.2) is 16.6 Å². The number of nitrogens with zero attached hydrogens (tertiary/aromatic N) is 1. The van der Waals surface area contributed by atoms with Gasteiger partial charge in [0.05, 0.1) is 17.6 Å². The van der Waals surface area contributed by atoms with Gasteiger partial charge in [0.1, 0.15) is 0 Å². The van der Waals surface area contributed by atoms with E-state index in [1.165, 1.54) is 19.2 Å². The zero-order valence-electron chi connectivity index (χ0n) is 8.11. The Morgan fingerprint density at radius 3 is 2.60 bits per heavy atom. The molecule has 0 aliphatic heterocycles. The van der Waals surface area contributed by atoms with Crippen molar-refractivity contribution in [3.63, 3.8) is 0 Å². The number of aryl methyl sites for hydroxylation is 1. The van der Waals surface area contributed by atoms with Crippen LogP contribution in [-0.2, 0) is 4.74 Å². The van der Waals surface area contributed by atoms with Gasteiger partial charge in [0, 0.05) is 16.1 Å². The standard InChI is InChI=1S/C9H8BrNO4/c1-5-3-7(10)6(9(12)15-2)4-8(5)11(13)14/h3-4H,1-2H3. The molecule has 0 fully saturated rings. The molecule has 1 aromatic carbocycles. The van der Waals surface area contributed by atoms with E-state index in [-0.39, 0.29) is 11.3 Å². The number of ether oxygens (including phenoxy) is 1. The lowest BCUT2D eigenvalue weighted by atomic mass is 10.1. The predicted octanol–water partition coefficient (Wildman–Crippen LogP) is 2.45. The fourth-order valence-corrected chi connectivity index (χ4v) is 1.74. The molecule has 0 amide bonds.